The fourth-order valence-electron chi connectivity index (χ4n) is 0.808. The molecule has 1 N–H and O–H groups in total. The number of rotatable bonds is 4. The van der Waals surface area contributed by atoms with Crippen LogP contribution >= 0.6 is 0 Å². The lowest BCUT2D eigenvalue weighted by molar-refractivity contribution is -0.140. The number of hydrogen-bond acceptors (Lipinski definition) is 4. The first-order valence-corrected chi connectivity index (χ1v) is 5.81. The Balaban J connectivity index is 0. The van der Waals surface area contributed by atoms with Crippen LogP contribution in [-0.2, 0) is 9.53 Å². The van der Waals surface area contributed by atoms with Crippen molar-refractivity contribution < 1.29 is 14.6 Å². The second kappa shape index (κ2) is 11.7. The minimum atomic E-state index is -0.382. The van der Waals surface area contributed by atoms with Crippen LogP contribution < -0.4 is 0 Å². The molecule has 5 heteroatoms. The second-order valence-corrected chi connectivity index (χ2v) is 3.46. The number of methoxy groups -OCH3 is 1. The van der Waals surface area contributed by atoms with Gasteiger partial charge >= 0.3 is 5.97 Å². The molecule has 0 unspecified atom stereocenters. The molecule has 0 radical (unpaired) electrons. The Morgan fingerprint density at radius 3 is 2.33 bits per heavy atom. The molecule has 0 spiro atoms. The van der Waals surface area contributed by atoms with Crippen LogP contribution in [0.1, 0.15) is 27.2 Å². The largest absolute Gasteiger partial charge is 0.493 e. The first kappa shape index (κ1) is 18.6. The highest BCUT2D eigenvalue weighted by atomic mass is 16.5. The van der Waals surface area contributed by atoms with Crippen molar-refractivity contribution in [3.05, 3.63) is 24.6 Å². The number of ether oxygens (including phenoxy) is 1. The van der Waals surface area contributed by atoms with Gasteiger partial charge in [0.2, 0.25) is 5.88 Å². The molecule has 0 saturated carbocycles. The highest BCUT2D eigenvalue weighted by Crippen LogP contribution is 1.97. The maximum absolute atomic E-state index is 11.0. The molecule has 0 aromatic rings. The first-order chi connectivity index (χ1) is 8.46. The summed E-state index contributed by atoms with van der Waals surface area (Å²) in [7, 11) is 2.96. The smallest absolute Gasteiger partial charge is 0.325 e. The number of likely N-dealkylation sites (N-methyl/N-ethyl adjacent to an activating group) is 1. The van der Waals surface area contributed by atoms with Crippen molar-refractivity contribution in [2.24, 2.45) is 4.99 Å². The third-order valence-electron chi connectivity index (χ3n) is 1.65. The van der Waals surface area contributed by atoms with Crippen LogP contribution in [0.25, 0.3) is 0 Å². The maximum atomic E-state index is 11.0. The van der Waals surface area contributed by atoms with Gasteiger partial charge in [-0.25, -0.2) is 0 Å². The summed E-state index contributed by atoms with van der Waals surface area (Å²) in [5, 5.41) is 9.18. The van der Waals surface area contributed by atoms with Crippen LogP contribution in [0.4, 0.5) is 0 Å². The van der Waals surface area contributed by atoms with Crippen LogP contribution in [0.15, 0.2) is 29.6 Å². The number of amidine groups is 1. The molecule has 0 atom stereocenters. The van der Waals surface area contributed by atoms with Gasteiger partial charge in [-0.05, 0) is 19.1 Å². The predicted molar refractivity (Wildman–Crippen MR) is 74.6 cm³/mol. The lowest BCUT2D eigenvalue weighted by Crippen LogP contribution is -2.31. The van der Waals surface area contributed by atoms with E-state index < -0.39 is 0 Å². The number of aliphatic imine (C=N–C) groups is 1. The highest BCUT2D eigenvalue weighted by molar-refractivity contribution is 5.94. The number of allylic oxidation sites excluding steroid dienone is 1. The molecule has 18 heavy (non-hydrogen) atoms. The molecular formula is C13H24N2O3. The third-order valence-corrected chi connectivity index (χ3v) is 1.65. The summed E-state index contributed by atoms with van der Waals surface area (Å²) in [5.74, 6) is -0.107. The van der Waals surface area contributed by atoms with E-state index in [1.54, 1.807) is 14.0 Å². The van der Waals surface area contributed by atoms with E-state index in [9.17, 15) is 9.90 Å². The van der Waals surface area contributed by atoms with Crippen LogP contribution in [0.5, 0.6) is 0 Å². The van der Waals surface area contributed by atoms with Crippen molar-refractivity contribution in [3.8, 4) is 0 Å². The lowest BCUT2D eigenvalue weighted by Gasteiger charge is -2.16. The molecule has 0 aromatic carbocycles. The number of esters is 1. The topological polar surface area (TPSA) is 62.1 Å². The Morgan fingerprint density at radius 2 is 2.00 bits per heavy atom. The van der Waals surface area contributed by atoms with Gasteiger partial charge < -0.3 is 14.7 Å². The van der Waals surface area contributed by atoms with Gasteiger partial charge in [0.05, 0.1) is 7.11 Å². The van der Waals surface area contributed by atoms with Crippen molar-refractivity contribution in [3.63, 3.8) is 0 Å². The van der Waals surface area contributed by atoms with E-state index in [0.717, 1.165) is 0 Å². The zero-order chi connectivity index (χ0) is 14.6. The van der Waals surface area contributed by atoms with Crippen molar-refractivity contribution >= 4 is 11.8 Å². The molecule has 0 saturated heterocycles. The summed E-state index contributed by atoms with van der Waals surface area (Å²) >= 11 is 0. The summed E-state index contributed by atoms with van der Waals surface area (Å²) in [5.41, 5.74) is 0. The van der Waals surface area contributed by atoms with E-state index in [2.05, 4.69) is 30.2 Å². The van der Waals surface area contributed by atoms with Gasteiger partial charge in [0.1, 0.15) is 12.4 Å². The average molecular weight is 256 g/mol. The molecule has 0 fully saturated rings. The van der Waals surface area contributed by atoms with Crippen molar-refractivity contribution in [2.45, 2.75) is 27.2 Å². The van der Waals surface area contributed by atoms with Crippen LogP contribution in [0.2, 0.25) is 0 Å². The number of aliphatic hydroxyl groups excluding tert-OH is 1. The average Bonchev–Trinajstić information content (AvgIpc) is 2.35. The Bertz CT molecular complexity index is 309. The van der Waals surface area contributed by atoms with E-state index in [0.29, 0.717) is 5.84 Å². The van der Waals surface area contributed by atoms with Crippen LogP contribution in [0.3, 0.4) is 0 Å². The quantitative estimate of drug-likeness (QED) is 0.363. The lowest BCUT2D eigenvalue weighted by atomic mass is 10.4. The summed E-state index contributed by atoms with van der Waals surface area (Å²) in [4.78, 5) is 16.3. The molecule has 5 nitrogen and oxygen atoms in total. The predicted octanol–water partition coefficient (Wildman–Crippen LogP) is 2.51. The Morgan fingerprint density at radius 1 is 1.50 bits per heavy atom. The number of hydrogen-bond donors (Lipinski definition) is 1. The van der Waals surface area contributed by atoms with Gasteiger partial charge in [-0.2, -0.15) is 4.99 Å². The number of carbonyl (C=O) groups is 1. The number of carbonyl (C=O) groups excluding carboxylic acids is 1. The standard InChI is InChI=1S/C10H16N2O3.C3H8/c1-5-8(11-9(13)6-2)12(3)7-10(14)15-4;1-3-2/h5-6,13H,1,7H2,2-4H3;3H2,1-2H3/b9-6+,11-8+;. The fraction of sp³-hybridized carbons (Fsp3) is 0.538. The molecule has 0 aromatic heterocycles. The van der Waals surface area contributed by atoms with Crippen molar-refractivity contribution in [2.75, 3.05) is 20.7 Å². The van der Waals surface area contributed by atoms with E-state index >= 15 is 0 Å². The third kappa shape index (κ3) is 9.45. The molecule has 0 amide bonds. The SMILES string of the molecule is C=C/C(=N\C(O)=C/C)N(C)CC(=O)OC.CCC. The van der Waals surface area contributed by atoms with Crippen LogP contribution in [-0.4, -0.2) is 42.5 Å². The van der Waals surface area contributed by atoms with E-state index in [1.807, 2.05) is 0 Å². The number of nitrogens with zero attached hydrogens (tertiary/aromatic N) is 2. The van der Waals surface area contributed by atoms with E-state index in [1.165, 1.54) is 30.6 Å². The second-order valence-electron chi connectivity index (χ2n) is 3.46. The minimum absolute atomic E-state index is 0.0539. The van der Waals surface area contributed by atoms with Gasteiger partial charge in [-0.3, -0.25) is 4.79 Å². The fourth-order valence-corrected chi connectivity index (χ4v) is 0.808. The van der Waals surface area contributed by atoms with E-state index in [4.69, 9.17) is 0 Å². The van der Waals surface area contributed by atoms with E-state index in [-0.39, 0.29) is 18.4 Å². The summed E-state index contributed by atoms with van der Waals surface area (Å²) < 4.78 is 4.50. The molecule has 0 aliphatic rings. The van der Waals surface area contributed by atoms with Crippen molar-refractivity contribution in [1.29, 1.82) is 0 Å². The summed E-state index contributed by atoms with van der Waals surface area (Å²) in [6.07, 6.45) is 4.14. The first-order valence-electron chi connectivity index (χ1n) is 5.81. The number of aliphatic hydroxyl groups is 1. The van der Waals surface area contributed by atoms with Crippen molar-refractivity contribution in [1.82, 2.24) is 4.90 Å². The highest BCUT2D eigenvalue weighted by Gasteiger charge is 2.08. The Labute approximate surface area is 109 Å². The molecule has 0 aliphatic carbocycles. The van der Waals surface area contributed by atoms with Crippen LogP contribution in [0, 0.1) is 0 Å². The molecule has 0 heterocycles. The monoisotopic (exact) mass is 256 g/mol. The van der Waals surface area contributed by atoms with Gasteiger partial charge in [-0.15, -0.1) is 0 Å². The van der Waals surface area contributed by atoms with Gasteiger partial charge in [-0.1, -0.05) is 26.8 Å². The molecular weight excluding hydrogens is 232 g/mol. The normalized spacial score (nSPS) is 11.2. The zero-order valence-corrected chi connectivity index (χ0v) is 11.9. The maximum Gasteiger partial charge on any atom is 0.325 e. The Kier molecular flexibility index (Phi) is 12.1. The summed E-state index contributed by atoms with van der Waals surface area (Å²) in [6, 6.07) is 0. The van der Waals surface area contributed by atoms with Gasteiger partial charge in [0.25, 0.3) is 0 Å². The molecule has 0 rings (SSSR count). The summed E-state index contributed by atoms with van der Waals surface area (Å²) in [6.45, 7) is 9.50. The molecule has 0 aliphatic heterocycles. The molecule has 104 valence electrons. The minimum Gasteiger partial charge on any atom is -0.493 e. The van der Waals surface area contributed by atoms with Gasteiger partial charge in [0, 0.05) is 7.05 Å². The Hall–Kier alpha value is -1.78. The molecule has 0 bridgehead atoms. The van der Waals surface area contributed by atoms with Gasteiger partial charge in [0.15, 0.2) is 0 Å². The zero-order valence-electron chi connectivity index (χ0n) is 11.9.